The van der Waals surface area contributed by atoms with Crippen LogP contribution >= 0.6 is 0 Å². The number of amides is 3. The Hall–Kier alpha value is -4.28. The molecule has 3 heterocycles. The van der Waals surface area contributed by atoms with E-state index >= 15 is 4.39 Å². The van der Waals surface area contributed by atoms with Gasteiger partial charge in [0.05, 0.1) is 43.9 Å². The van der Waals surface area contributed by atoms with Gasteiger partial charge in [0.2, 0.25) is 0 Å². The van der Waals surface area contributed by atoms with E-state index in [1.54, 1.807) is 49.3 Å². The number of carbonyl (C=O) groups is 2. The summed E-state index contributed by atoms with van der Waals surface area (Å²) in [7, 11) is 3.29. The van der Waals surface area contributed by atoms with Gasteiger partial charge in [-0.3, -0.25) is 9.80 Å². The number of urea groups is 1. The molecule has 1 saturated heterocycles. The molecule has 0 radical (unpaired) electrons. The fourth-order valence-electron chi connectivity index (χ4n) is 5.78. The molecule has 1 aromatic heterocycles. The average Bonchev–Trinajstić information content (AvgIpc) is 3.45. The number of carbonyl (C=O) groups excluding carboxylic acids is 2. The second-order valence-corrected chi connectivity index (χ2v) is 12.1. The number of pyridine rings is 1. The minimum absolute atomic E-state index is 0.172. The number of fused-ring (bicyclic) bond motifs is 1. The zero-order chi connectivity index (χ0) is 30.9. The Balaban J connectivity index is 1.46. The van der Waals surface area contributed by atoms with E-state index in [9.17, 15) is 9.59 Å². The molecule has 230 valence electrons. The zero-order valence-corrected chi connectivity index (χ0v) is 25.7. The standard InChI is InChI=1S/C32H40FN5O5/c1-20-8-7-9-25(33)29(20)37-18-22-17-35-28(34-16-21-10-11-24(41-5)14-27(21)42-6)15-26(22)38(30(37)39)23-12-13-36(19-23)31(40)43-32(2,3)4/h7-9,14-15,17,23H,10-13,16,18-19H2,1-6H3,(H,34,35)/t23-/m1/s1. The molecule has 3 aliphatic rings. The van der Waals surface area contributed by atoms with E-state index in [0.717, 1.165) is 35.5 Å². The van der Waals surface area contributed by atoms with Crippen molar-refractivity contribution in [3.05, 3.63) is 70.6 Å². The highest BCUT2D eigenvalue weighted by molar-refractivity contribution is 6.07. The number of hydrogen-bond donors (Lipinski definition) is 1. The maximum absolute atomic E-state index is 15.1. The van der Waals surface area contributed by atoms with Gasteiger partial charge < -0.3 is 24.4 Å². The summed E-state index contributed by atoms with van der Waals surface area (Å²) in [6.45, 7) is 8.68. The zero-order valence-electron chi connectivity index (χ0n) is 25.7. The van der Waals surface area contributed by atoms with Crippen molar-refractivity contribution in [1.82, 2.24) is 9.88 Å². The highest BCUT2D eigenvalue weighted by atomic mass is 19.1. The van der Waals surface area contributed by atoms with Crippen molar-refractivity contribution in [1.29, 1.82) is 0 Å². The van der Waals surface area contributed by atoms with Crippen LogP contribution in [0.3, 0.4) is 0 Å². The number of para-hydroxylation sites is 1. The molecular weight excluding hydrogens is 553 g/mol. The van der Waals surface area contributed by atoms with Crippen molar-refractivity contribution < 1.29 is 28.2 Å². The highest BCUT2D eigenvalue weighted by Gasteiger charge is 2.41. The Morgan fingerprint density at radius 2 is 1.98 bits per heavy atom. The second-order valence-electron chi connectivity index (χ2n) is 12.1. The average molecular weight is 594 g/mol. The van der Waals surface area contributed by atoms with Gasteiger partial charge >= 0.3 is 12.1 Å². The molecule has 1 aliphatic carbocycles. The molecule has 0 saturated carbocycles. The summed E-state index contributed by atoms with van der Waals surface area (Å²) in [5.74, 6) is 1.76. The van der Waals surface area contributed by atoms with Gasteiger partial charge in [0.25, 0.3) is 0 Å². The Kier molecular flexibility index (Phi) is 8.52. The number of benzene rings is 1. The highest BCUT2D eigenvalue weighted by Crippen LogP contribution is 2.38. The molecule has 1 atom stereocenters. The predicted molar refractivity (Wildman–Crippen MR) is 162 cm³/mol. The molecule has 2 aromatic rings. The number of halogens is 1. The Labute approximate surface area is 252 Å². The normalized spacial score (nSPS) is 18.9. The monoisotopic (exact) mass is 593 g/mol. The first-order valence-corrected chi connectivity index (χ1v) is 14.6. The number of nitrogens with one attached hydrogen (secondary N) is 1. The topological polar surface area (TPSA) is 96.5 Å². The quantitative estimate of drug-likeness (QED) is 0.413. The smallest absolute Gasteiger partial charge is 0.410 e. The number of hydrogen-bond acceptors (Lipinski definition) is 7. The fraction of sp³-hybridized carbons (Fsp3) is 0.469. The summed E-state index contributed by atoms with van der Waals surface area (Å²) >= 11 is 0. The molecule has 1 aromatic carbocycles. The van der Waals surface area contributed by atoms with Gasteiger partial charge in [0, 0.05) is 50.0 Å². The van der Waals surface area contributed by atoms with Crippen LogP contribution in [0.25, 0.3) is 0 Å². The Bertz CT molecular complexity index is 1450. The van der Waals surface area contributed by atoms with E-state index in [0.29, 0.717) is 43.1 Å². The van der Waals surface area contributed by atoms with Gasteiger partial charge in [-0.1, -0.05) is 12.1 Å². The number of rotatable bonds is 7. The summed E-state index contributed by atoms with van der Waals surface area (Å²) < 4.78 is 31.7. The molecule has 0 spiro atoms. The van der Waals surface area contributed by atoms with E-state index in [-0.39, 0.29) is 24.3 Å². The van der Waals surface area contributed by atoms with E-state index in [4.69, 9.17) is 14.2 Å². The number of nitrogens with zero attached hydrogens (tertiary/aromatic N) is 4. The van der Waals surface area contributed by atoms with Gasteiger partial charge in [-0.15, -0.1) is 0 Å². The first-order valence-electron chi connectivity index (χ1n) is 14.6. The molecule has 1 N–H and O–H groups in total. The second kappa shape index (κ2) is 12.1. The van der Waals surface area contributed by atoms with Crippen molar-refractivity contribution in [2.24, 2.45) is 0 Å². The summed E-state index contributed by atoms with van der Waals surface area (Å²) in [4.78, 5) is 36.5. The molecular formula is C32H40FN5O5. The van der Waals surface area contributed by atoms with Crippen LogP contribution in [0, 0.1) is 12.7 Å². The number of aryl methyl sites for hydroxylation is 1. The third-order valence-electron chi connectivity index (χ3n) is 7.90. The summed E-state index contributed by atoms with van der Waals surface area (Å²) in [5.41, 5.74) is 2.82. The van der Waals surface area contributed by atoms with E-state index in [1.807, 2.05) is 32.9 Å². The lowest BCUT2D eigenvalue weighted by Crippen LogP contribution is -2.53. The first-order chi connectivity index (χ1) is 20.5. The van der Waals surface area contributed by atoms with Crippen LogP contribution in [0.2, 0.25) is 0 Å². The summed E-state index contributed by atoms with van der Waals surface area (Å²) in [5, 5.41) is 3.39. The summed E-state index contributed by atoms with van der Waals surface area (Å²) in [6, 6.07) is 5.97. The summed E-state index contributed by atoms with van der Waals surface area (Å²) in [6.07, 6.45) is 5.33. The van der Waals surface area contributed by atoms with Crippen LogP contribution < -0.4 is 15.1 Å². The number of anilines is 3. The van der Waals surface area contributed by atoms with Crippen LogP contribution in [0.4, 0.5) is 31.2 Å². The van der Waals surface area contributed by atoms with Gasteiger partial charge in [-0.05, 0) is 57.7 Å². The van der Waals surface area contributed by atoms with Gasteiger partial charge in [0.15, 0.2) is 0 Å². The maximum Gasteiger partial charge on any atom is 0.410 e. The number of allylic oxidation sites excluding steroid dienone is 2. The lowest BCUT2D eigenvalue weighted by atomic mass is 10.0. The number of ether oxygens (including phenoxy) is 3. The minimum Gasteiger partial charge on any atom is -0.501 e. The third kappa shape index (κ3) is 6.40. The lowest BCUT2D eigenvalue weighted by molar-refractivity contribution is 0.0292. The fourth-order valence-corrected chi connectivity index (χ4v) is 5.78. The lowest BCUT2D eigenvalue weighted by Gasteiger charge is -2.40. The van der Waals surface area contributed by atoms with E-state index in [2.05, 4.69) is 10.3 Å². The number of likely N-dealkylation sites (tertiary alicyclic amines) is 1. The molecule has 1 fully saturated rings. The van der Waals surface area contributed by atoms with Gasteiger partial charge in [-0.25, -0.2) is 19.0 Å². The van der Waals surface area contributed by atoms with Crippen molar-refractivity contribution in [2.75, 3.05) is 49.0 Å². The molecule has 0 bridgehead atoms. The van der Waals surface area contributed by atoms with Crippen LogP contribution in [0.1, 0.15) is 51.2 Å². The molecule has 10 nitrogen and oxygen atoms in total. The van der Waals surface area contributed by atoms with Crippen LogP contribution in [0.5, 0.6) is 0 Å². The van der Waals surface area contributed by atoms with Gasteiger partial charge in [-0.2, -0.15) is 0 Å². The number of methoxy groups -OCH3 is 2. The first kappa shape index (κ1) is 30.2. The van der Waals surface area contributed by atoms with Crippen molar-refractivity contribution >= 4 is 29.3 Å². The number of aromatic nitrogens is 1. The van der Waals surface area contributed by atoms with E-state index < -0.39 is 17.5 Å². The van der Waals surface area contributed by atoms with Crippen LogP contribution in [-0.4, -0.2) is 67.5 Å². The molecule has 0 unspecified atom stereocenters. The largest absolute Gasteiger partial charge is 0.501 e. The van der Waals surface area contributed by atoms with Crippen molar-refractivity contribution in [3.63, 3.8) is 0 Å². The van der Waals surface area contributed by atoms with Crippen molar-refractivity contribution in [2.45, 2.75) is 65.1 Å². The minimum atomic E-state index is -0.633. The Morgan fingerprint density at radius 1 is 1.19 bits per heavy atom. The maximum atomic E-state index is 15.1. The Morgan fingerprint density at radius 3 is 2.67 bits per heavy atom. The third-order valence-corrected chi connectivity index (χ3v) is 7.90. The van der Waals surface area contributed by atoms with E-state index in [1.165, 1.54) is 11.0 Å². The molecule has 43 heavy (non-hydrogen) atoms. The molecule has 5 rings (SSSR count). The molecule has 11 heteroatoms. The predicted octanol–water partition coefficient (Wildman–Crippen LogP) is 6.12. The van der Waals surface area contributed by atoms with Crippen molar-refractivity contribution in [3.8, 4) is 0 Å². The van der Waals surface area contributed by atoms with Crippen LogP contribution in [-0.2, 0) is 20.8 Å². The SMILES string of the molecule is COC1=CC(OC)=C(CNc2cc3c(cn2)CN(c2c(C)cccc2F)C(=O)N3[C@@H]2CCN(C(=O)OC(C)(C)C)C2)CC1. The van der Waals surface area contributed by atoms with Crippen LogP contribution in [0.15, 0.2) is 53.6 Å². The van der Waals surface area contributed by atoms with Gasteiger partial charge in [0.1, 0.15) is 23.0 Å². The molecule has 3 amide bonds. The molecule has 2 aliphatic heterocycles.